The molecule has 0 amide bonds. The Morgan fingerprint density at radius 1 is 0.935 bits per heavy atom. The first-order valence-electron chi connectivity index (χ1n) is 16.9. The summed E-state index contributed by atoms with van der Waals surface area (Å²) in [6.07, 6.45) is 9.29. The average Bonchev–Trinajstić information content (AvgIpc) is 3.25. The molecule has 11 heteroatoms. The SMILES string of the molecule is Cc1c(C)c2c(c(C)c1OP(=O)(O)OC1=C(O)C(C(O)CO)OC1=O)CCC(C)(CCCC(C)CCCC(C)CCCC(C)C)O2. The third kappa shape index (κ3) is 9.88. The monoisotopic (exact) mass is 668 g/mol. The number of esters is 1. The van der Waals surface area contributed by atoms with Crippen LogP contribution in [0.1, 0.15) is 121 Å². The van der Waals surface area contributed by atoms with E-state index in [0.29, 0.717) is 23.5 Å². The lowest BCUT2D eigenvalue weighted by Gasteiger charge is -2.38. The van der Waals surface area contributed by atoms with Gasteiger partial charge in [0.05, 0.1) is 6.61 Å². The summed E-state index contributed by atoms with van der Waals surface area (Å²) >= 11 is 0. The number of aliphatic hydroxyl groups excluding tert-OH is 3. The van der Waals surface area contributed by atoms with E-state index in [9.17, 15) is 24.5 Å². The summed E-state index contributed by atoms with van der Waals surface area (Å²) < 4.78 is 34.9. The number of phosphoric acid groups is 1. The normalized spacial score (nSPS) is 23.0. The van der Waals surface area contributed by atoms with E-state index < -0.39 is 44.1 Å². The van der Waals surface area contributed by atoms with Crippen LogP contribution in [0.5, 0.6) is 11.5 Å². The van der Waals surface area contributed by atoms with Crippen LogP contribution in [0.3, 0.4) is 0 Å². The number of carbonyl (C=O) groups is 1. The summed E-state index contributed by atoms with van der Waals surface area (Å²) in [5, 5.41) is 29.1. The van der Waals surface area contributed by atoms with Crippen LogP contribution in [0.4, 0.5) is 0 Å². The Bertz CT molecular complexity index is 1290. The molecule has 1 aromatic rings. The van der Waals surface area contributed by atoms with Crippen molar-refractivity contribution in [1.82, 2.24) is 0 Å². The quantitative estimate of drug-likeness (QED) is 0.0905. The Balaban J connectivity index is 1.59. The summed E-state index contributed by atoms with van der Waals surface area (Å²) in [4.78, 5) is 22.7. The second-order valence-corrected chi connectivity index (χ2v) is 15.7. The van der Waals surface area contributed by atoms with E-state index in [0.717, 1.165) is 48.0 Å². The van der Waals surface area contributed by atoms with Crippen molar-refractivity contribution in [2.24, 2.45) is 17.8 Å². The van der Waals surface area contributed by atoms with Gasteiger partial charge in [0.15, 0.2) is 11.9 Å². The minimum atomic E-state index is -4.99. The Morgan fingerprint density at radius 3 is 2.11 bits per heavy atom. The fourth-order valence-corrected chi connectivity index (χ4v) is 7.49. The third-order valence-corrected chi connectivity index (χ3v) is 10.5. The topological polar surface area (TPSA) is 152 Å². The van der Waals surface area contributed by atoms with Gasteiger partial charge in [-0.3, -0.25) is 4.89 Å². The molecule has 0 bridgehead atoms. The number of ether oxygens (including phenoxy) is 2. The van der Waals surface area contributed by atoms with Crippen molar-refractivity contribution in [3.05, 3.63) is 33.8 Å². The van der Waals surface area contributed by atoms with Crippen LogP contribution in [-0.4, -0.2) is 50.6 Å². The van der Waals surface area contributed by atoms with E-state index in [1.165, 1.54) is 44.9 Å². The second-order valence-electron chi connectivity index (χ2n) is 14.4. The van der Waals surface area contributed by atoms with E-state index >= 15 is 0 Å². The molecule has 4 N–H and O–H groups in total. The van der Waals surface area contributed by atoms with E-state index in [-0.39, 0.29) is 11.4 Å². The molecule has 1 aromatic carbocycles. The van der Waals surface area contributed by atoms with Crippen molar-refractivity contribution >= 4 is 13.8 Å². The highest BCUT2D eigenvalue weighted by Gasteiger charge is 2.44. The van der Waals surface area contributed by atoms with Crippen LogP contribution < -0.4 is 9.26 Å². The molecule has 6 unspecified atom stereocenters. The van der Waals surface area contributed by atoms with E-state index in [2.05, 4.69) is 34.6 Å². The molecule has 0 saturated heterocycles. The molecule has 2 heterocycles. The van der Waals surface area contributed by atoms with Gasteiger partial charge in [-0.25, -0.2) is 9.36 Å². The van der Waals surface area contributed by atoms with Crippen LogP contribution in [0.2, 0.25) is 0 Å². The zero-order valence-electron chi connectivity index (χ0n) is 29.1. The van der Waals surface area contributed by atoms with Gasteiger partial charge < -0.3 is 33.8 Å². The maximum atomic E-state index is 13.0. The maximum absolute atomic E-state index is 13.0. The van der Waals surface area contributed by atoms with Gasteiger partial charge in [-0.1, -0.05) is 72.6 Å². The lowest BCUT2D eigenvalue weighted by Crippen LogP contribution is -2.37. The number of hydrogen-bond donors (Lipinski definition) is 4. The molecule has 2 aliphatic heterocycles. The van der Waals surface area contributed by atoms with Gasteiger partial charge in [-0.05, 0) is 87.8 Å². The second kappa shape index (κ2) is 16.2. The fraction of sp³-hybridized carbons (Fsp3) is 0.743. The highest BCUT2D eigenvalue weighted by Crippen LogP contribution is 2.52. The van der Waals surface area contributed by atoms with E-state index in [1.807, 2.05) is 6.92 Å². The third-order valence-electron chi connectivity index (χ3n) is 9.71. The van der Waals surface area contributed by atoms with Crippen LogP contribution in [0.25, 0.3) is 0 Å². The number of fused-ring (bicyclic) bond motifs is 1. The van der Waals surface area contributed by atoms with Crippen molar-refractivity contribution in [2.75, 3.05) is 6.61 Å². The molecule has 0 saturated carbocycles. The number of cyclic esters (lactones) is 1. The van der Waals surface area contributed by atoms with Crippen molar-refractivity contribution in [2.45, 2.75) is 144 Å². The number of rotatable bonds is 18. The Hall–Kier alpha value is -2.26. The summed E-state index contributed by atoms with van der Waals surface area (Å²) in [6.45, 7) is 16.1. The first-order chi connectivity index (χ1) is 21.5. The molecule has 2 aliphatic rings. The molecule has 3 rings (SSSR count). The highest BCUT2D eigenvalue weighted by atomic mass is 31.2. The molecule has 0 spiro atoms. The zero-order valence-corrected chi connectivity index (χ0v) is 30.0. The summed E-state index contributed by atoms with van der Waals surface area (Å²) in [5.74, 6) is 0.0670. The molecule has 10 nitrogen and oxygen atoms in total. The minimum absolute atomic E-state index is 0.135. The van der Waals surface area contributed by atoms with Gasteiger partial charge in [0.2, 0.25) is 0 Å². The predicted octanol–water partition coefficient (Wildman–Crippen LogP) is 7.68. The van der Waals surface area contributed by atoms with Crippen molar-refractivity contribution in [3.63, 3.8) is 0 Å². The Labute approximate surface area is 275 Å². The van der Waals surface area contributed by atoms with Crippen molar-refractivity contribution in [3.8, 4) is 11.5 Å². The first-order valence-corrected chi connectivity index (χ1v) is 18.4. The predicted molar refractivity (Wildman–Crippen MR) is 177 cm³/mol. The molecule has 0 radical (unpaired) electrons. The standard InChI is InChI=1S/C35H57O10P/c1-21(2)12-9-13-22(3)14-10-15-23(4)16-11-18-35(8)19-17-27-26(7)30(24(5)25(6)31(27)43-35)44-46(40,41)45-33-29(38)32(28(37)20-36)42-34(33)39/h21-23,28,32,36-38H,9-20H2,1-8H3,(H,40,41). The number of carbonyl (C=O) groups excluding carboxylic acids is 1. The summed E-state index contributed by atoms with van der Waals surface area (Å²) in [6, 6.07) is 0. The van der Waals surface area contributed by atoms with Gasteiger partial charge in [0.25, 0.3) is 5.76 Å². The van der Waals surface area contributed by atoms with Gasteiger partial charge in [0.1, 0.15) is 23.2 Å². The lowest BCUT2D eigenvalue weighted by atomic mass is 9.84. The zero-order chi connectivity index (χ0) is 34.4. The minimum Gasteiger partial charge on any atom is -0.505 e. The van der Waals surface area contributed by atoms with Gasteiger partial charge in [-0.2, -0.15) is 0 Å². The molecule has 46 heavy (non-hydrogen) atoms. The molecule has 0 aliphatic carbocycles. The van der Waals surface area contributed by atoms with Gasteiger partial charge in [0, 0.05) is 5.56 Å². The number of phosphoric ester groups is 1. The van der Waals surface area contributed by atoms with E-state index in [4.69, 9.17) is 23.6 Å². The smallest absolute Gasteiger partial charge is 0.505 e. The largest absolute Gasteiger partial charge is 0.585 e. The maximum Gasteiger partial charge on any atom is 0.585 e. The molecule has 0 fully saturated rings. The van der Waals surface area contributed by atoms with Crippen LogP contribution in [0.15, 0.2) is 11.5 Å². The summed E-state index contributed by atoms with van der Waals surface area (Å²) in [7, 11) is -4.99. The summed E-state index contributed by atoms with van der Waals surface area (Å²) in [5.41, 5.74) is 2.57. The number of aliphatic hydroxyl groups is 3. The molecule has 6 atom stereocenters. The van der Waals surface area contributed by atoms with Crippen LogP contribution in [-0.2, 0) is 25.0 Å². The van der Waals surface area contributed by atoms with Crippen molar-refractivity contribution in [1.29, 1.82) is 0 Å². The fourth-order valence-electron chi connectivity index (χ4n) is 6.55. The highest BCUT2D eigenvalue weighted by molar-refractivity contribution is 7.48. The van der Waals surface area contributed by atoms with E-state index in [1.54, 1.807) is 13.8 Å². The average molecular weight is 669 g/mol. The molecular weight excluding hydrogens is 611 g/mol. The molecule has 262 valence electrons. The van der Waals surface area contributed by atoms with Gasteiger partial charge in [-0.15, -0.1) is 0 Å². The van der Waals surface area contributed by atoms with Crippen molar-refractivity contribution < 1.29 is 48.1 Å². The first kappa shape index (κ1) is 38.2. The number of hydrogen-bond acceptors (Lipinski definition) is 9. The molecular formula is C35H57O10P. The Kier molecular flexibility index (Phi) is 13.5. The lowest BCUT2D eigenvalue weighted by molar-refractivity contribution is -0.147. The number of benzene rings is 1. The molecule has 0 aromatic heterocycles. The van der Waals surface area contributed by atoms with Crippen LogP contribution in [0, 0.1) is 38.5 Å². The van der Waals surface area contributed by atoms with Crippen LogP contribution >= 0.6 is 7.82 Å². The van der Waals surface area contributed by atoms with Gasteiger partial charge >= 0.3 is 13.8 Å². The Morgan fingerprint density at radius 2 is 1.52 bits per heavy atom.